The second-order valence-corrected chi connectivity index (χ2v) is 9.61. The molecule has 1 saturated carbocycles. The Hall–Kier alpha value is -2.76. The molecule has 2 aliphatic rings. The Morgan fingerprint density at radius 2 is 2.13 bits per heavy atom. The molecular formula is C23H25N5O2S. The van der Waals surface area contributed by atoms with Crippen molar-refractivity contribution in [2.24, 2.45) is 11.8 Å². The number of aromatic nitrogens is 3. The molecule has 5 rings (SSSR count). The molecule has 1 aliphatic heterocycles. The molecule has 7 nitrogen and oxygen atoms in total. The van der Waals surface area contributed by atoms with Crippen LogP contribution in [0, 0.1) is 30.1 Å². The number of benzene rings is 1. The summed E-state index contributed by atoms with van der Waals surface area (Å²) in [5, 5.41) is 19.4. The van der Waals surface area contributed by atoms with E-state index in [-0.39, 0.29) is 17.9 Å². The zero-order valence-corrected chi connectivity index (χ0v) is 18.3. The van der Waals surface area contributed by atoms with E-state index in [1.54, 1.807) is 16.4 Å². The van der Waals surface area contributed by atoms with Crippen LogP contribution in [0.25, 0.3) is 10.9 Å². The maximum Gasteiger partial charge on any atom is 0.249 e. The van der Waals surface area contributed by atoms with Gasteiger partial charge in [-0.25, -0.2) is 10.0 Å². The van der Waals surface area contributed by atoms with E-state index in [4.69, 9.17) is 10.1 Å². The summed E-state index contributed by atoms with van der Waals surface area (Å²) in [6, 6.07) is 7.72. The third-order valence-electron chi connectivity index (χ3n) is 6.43. The molecule has 0 N–H and O–H groups in total. The minimum Gasteiger partial charge on any atom is -0.272 e. The Bertz CT molecular complexity index is 1140. The summed E-state index contributed by atoms with van der Waals surface area (Å²) in [4.78, 5) is 23.5. The number of rotatable bonds is 4. The van der Waals surface area contributed by atoms with Gasteiger partial charge in [-0.2, -0.15) is 10.4 Å². The Kier molecular flexibility index (Phi) is 5.47. The lowest BCUT2D eigenvalue weighted by Crippen LogP contribution is -2.37. The molecule has 0 spiro atoms. The summed E-state index contributed by atoms with van der Waals surface area (Å²) in [6.07, 6.45) is 6.63. The number of carbonyl (C=O) groups excluding carboxylic acids is 1. The van der Waals surface area contributed by atoms with Crippen LogP contribution in [-0.4, -0.2) is 32.3 Å². The van der Waals surface area contributed by atoms with Crippen LogP contribution in [0.3, 0.4) is 0 Å². The maximum atomic E-state index is 13.2. The minimum atomic E-state index is -0.0509. The lowest BCUT2D eigenvalue weighted by Gasteiger charge is -2.31. The average molecular weight is 436 g/mol. The Morgan fingerprint density at radius 1 is 1.29 bits per heavy atom. The van der Waals surface area contributed by atoms with Gasteiger partial charge < -0.3 is 0 Å². The molecule has 3 heterocycles. The standard InChI is InChI=1S/C23H25N5O2S/c1-15-25-21(14-31-15)22-8-9-30-28(22)23(29)18-5-2-16(3-6-18)12-27-13-19-7-4-17(11-24)10-20(19)26-27/h4,7,10,13-14,16,18,22H,2-3,5-6,8-9,12H2,1H3/t16?,18?,22-/m0/s1. The summed E-state index contributed by atoms with van der Waals surface area (Å²) < 4.78 is 1.99. The van der Waals surface area contributed by atoms with Crippen molar-refractivity contribution in [1.82, 2.24) is 19.8 Å². The molecule has 1 saturated heterocycles. The SMILES string of the molecule is Cc1nc([C@@H]2CCON2C(=O)C2CCC(Cn3cc4ccc(C#N)cc4n3)CC2)cs1. The largest absolute Gasteiger partial charge is 0.272 e. The van der Waals surface area contributed by atoms with Crippen LogP contribution in [0.4, 0.5) is 0 Å². The van der Waals surface area contributed by atoms with Crippen molar-refractivity contribution in [3.05, 3.63) is 46.0 Å². The summed E-state index contributed by atoms with van der Waals surface area (Å²) in [5.74, 6) is 0.636. The summed E-state index contributed by atoms with van der Waals surface area (Å²) in [6.45, 7) is 3.41. The van der Waals surface area contributed by atoms with Gasteiger partial charge in [-0.15, -0.1) is 11.3 Å². The summed E-state index contributed by atoms with van der Waals surface area (Å²) in [5.41, 5.74) is 2.44. The topological polar surface area (TPSA) is 84.0 Å². The lowest BCUT2D eigenvalue weighted by atomic mass is 9.81. The molecule has 0 unspecified atom stereocenters. The molecule has 160 valence electrons. The van der Waals surface area contributed by atoms with E-state index in [2.05, 4.69) is 16.2 Å². The zero-order valence-electron chi connectivity index (χ0n) is 17.5. The highest BCUT2D eigenvalue weighted by molar-refractivity contribution is 7.09. The number of nitrogens with zero attached hydrogens (tertiary/aromatic N) is 5. The fourth-order valence-corrected chi connectivity index (χ4v) is 5.41. The smallest absolute Gasteiger partial charge is 0.249 e. The fraction of sp³-hybridized carbons (Fsp3) is 0.478. The second-order valence-electron chi connectivity index (χ2n) is 8.55. The molecule has 2 aromatic heterocycles. The molecule has 0 radical (unpaired) electrons. The minimum absolute atomic E-state index is 0.0199. The van der Waals surface area contributed by atoms with Crippen molar-refractivity contribution in [2.75, 3.05) is 6.61 Å². The maximum absolute atomic E-state index is 13.2. The van der Waals surface area contributed by atoms with Crippen molar-refractivity contribution in [3.63, 3.8) is 0 Å². The third kappa shape index (κ3) is 4.08. The number of hydrogen-bond donors (Lipinski definition) is 0. The van der Waals surface area contributed by atoms with E-state index in [1.807, 2.05) is 41.4 Å². The number of amides is 1. The third-order valence-corrected chi connectivity index (χ3v) is 7.22. The number of hydroxylamine groups is 2. The number of nitriles is 1. The van der Waals surface area contributed by atoms with Gasteiger partial charge in [-0.3, -0.25) is 14.3 Å². The first-order chi connectivity index (χ1) is 15.1. The molecule has 1 aliphatic carbocycles. The highest BCUT2D eigenvalue weighted by Gasteiger charge is 2.38. The van der Waals surface area contributed by atoms with Crippen molar-refractivity contribution < 1.29 is 9.63 Å². The number of fused-ring (bicyclic) bond motifs is 1. The van der Waals surface area contributed by atoms with E-state index in [9.17, 15) is 4.79 Å². The Balaban J connectivity index is 1.19. The van der Waals surface area contributed by atoms with E-state index in [0.717, 1.165) is 60.3 Å². The van der Waals surface area contributed by atoms with Gasteiger partial charge >= 0.3 is 0 Å². The first-order valence-electron chi connectivity index (χ1n) is 10.9. The van der Waals surface area contributed by atoms with Crippen molar-refractivity contribution in [3.8, 4) is 6.07 Å². The molecule has 8 heteroatoms. The summed E-state index contributed by atoms with van der Waals surface area (Å²) >= 11 is 1.62. The Morgan fingerprint density at radius 3 is 2.87 bits per heavy atom. The fourth-order valence-electron chi connectivity index (χ4n) is 4.76. The monoisotopic (exact) mass is 435 g/mol. The number of aryl methyl sites for hydroxylation is 1. The van der Waals surface area contributed by atoms with Crippen LogP contribution < -0.4 is 0 Å². The first-order valence-corrected chi connectivity index (χ1v) is 11.7. The molecular weight excluding hydrogens is 410 g/mol. The van der Waals surface area contributed by atoms with Gasteiger partial charge in [-0.1, -0.05) is 0 Å². The number of thiazole rings is 1. The van der Waals surface area contributed by atoms with Crippen LogP contribution in [0.2, 0.25) is 0 Å². The number of carbonyl (C=O) groups is 1. The van der Waals surface area contributed by atoms with Crippen molar-refractivity contribution in [1.29, 1.82) is 5.26 Å². The van der Waals surface area contributed by atoms with Crippen molar-refractivity contribution in [2.45, 2.75) is 51.6 Å². The molecule has 2 fully saturated rings. The second kappa shape index (κ2) is 8.40. The van der Waals surface area contributed by atoms with Crippen LogP contribution in [0.15, 0.2) is 29.8 Å². The highest BCUT2D eigenvalue weighted by atomic mass is 32.1. The highest BCUT2D eigenvalue weighted by Crippen LogP contribution is 2.36. The van der Waals surface area contributed by atoms with Crippen LogP contribution in [0.5, 0.6) is 0 Å². The molecule has 31 heavy (non-hydrogen) atoms. The van der Waals surface area contributed by atoms with Crippen molar-refractivity contribution >= 4 is 28.1 Å². The molecule has 3 aromatic rings. The van der Waals surface area contributed by atoms with E-state index in [1.165, 1.54) is 0 Å². The van der Waals surface area contributed by atoms with Crippen LogP contribution >= 0.6 is 11.3 Å². The molecule has 0 bridgehead atoms. The lowest BCUT2D eigenvalue weighted by molar-refractivity contribution is -0.183. The Labute approximate surface area is 185 Å². The summed E-state index contributed by atoms with van der Waals surface area (Å²) in [7, 11) is 0. The number of hydrogen-bond acceptors (Lipinski definition) is 6. The average Bonchev–Trinajstić information content (AvgIpc) is 3.52. The van der Waals surface area contributed by atoms with Crippen LogP contribution in [-0.2, 0) is 16.2 Å². The first kappa shape index (κ1) is 20.2. The quantitative estimate of drug-likeness (QED) is 0.607. The van der Waals surface area contributed by atoms with Gasteiger partial charge in [0.2, 0.25) is 5.91 Å². The predicted octanol–water partition coefficient (Wildman–Crippen LogP) is 4.38. The van der Waals surface area contributed by atoms with Gasteiger partial charge in [0.05, 0.1) is 34.5 Å². The molecule has 1 aromatic carbocycles. The van der Waals surface area contributed by atoms with Gasteiger partial charge in [-0.05, 0) is 56.7 Å². The van der Waals surface area contributed by atoms with Gasteiger partial charge in [0.1, 0.15) is 6.04 Å². The van der Waals surface area contributed by atoms with Gasteiger partial charge in [0.25, 0.3) is 0 Å². The predicted molar refractivity (Wildman–Crippen MR) is 117 cm³/mol. The normalized spacial score (nSPS) is 23.9. The van der Waals surface area contributed by atoms with Crippen LogP contribution in [0.1, 0.15) is 54.4 Å². The van der Waals surface area contributed by atoms with Gasteiger partial charge in [0.15, 0.2) is 0 Å². The van der Waals surface area contributed by atoms with E-state index in [0.29, 0.717) is 18.1 Å². The molecule has 1 amide bonds. The van der Waals surface area contributed by atoms with E-state index >= 15 is 0 Å². The zero-order chi connectivity index (χ0) is 21.4. The molecule has 1 atom stereocenters. The van der Waals surface area contributed by atoms with E-state index < -0.39 is 0 Å². The van der Waals surface area contributed by atoms with Gasteiger partial charge in [0, 0.05) is 35.8 Å².